The quantitative estimate of drug-likeness (QED) is 0.802. The van der Waals surface area contributed by atoms with Crippen molar-refractivity contribution in [1.82, 2.24) is 4.90 Å². The van der Waals surface area contributed by atoms with Crippen LogP contribution in [0.4, 0.5) is 0 Å². The van der Waals surface area contributed by atoms with Crippen LogP contribution in [-0.2, 0) is 0 Å². The highest BCUT2D eigenvalue weighted by atomic mass is 15.2. The molecule has 2 aliphatic rings. The van der Waals surface area contributed by atoms with Gasteiger partial charge >= 0.3 is 0 Å². The van der Waals surface area contributed by atoms with E-state index in [2.05, 4.69) is 65.6 Å². The molecule has 1 saturated heterocycles. The van der Waals surface area contributed by atoms with Crippen LogP contribution < -0.4 is 0 Å². The summed E-state index contributed by atoms with van der Waals surface area (Å²) < 4.78 is 0. The fourth-order valence-electron chi connectivity index (χ4n) is 3.51. The summed E-state index contributed by atoms with van der Waals surface area (Å²) in [5, 5.41) is 0. The summed E-state index contributed by atoms with van der Waals surface area (Å²) in [4.78, 5) is 2.65. The number of hydrogen-bond acceptors (Lipinski definition) is 1. The summed E-state index contributed by atoms with van der Waals surface area (Å²) in [6.45, 7) is 2.55. The molecule has 0 spiro atoms. The van der Waals surface area contributed by atoms with Gasteiger partial charge in [-0.15, -0.1) is 0 Å². The van der Waals surface area contributed by atoms with Gasteiger partial charge in [0, 0.05) is 13.1 Å². The lowest BCUT2D eigenvalue weighted by Gasteiger charge is -2.45. The highest BCUT2D eigenvalue weighted by Crippen LogP contribution is 2.44. The maximum Gasteiger partial charge on any atom is 0.0602 e. The molecule has 1 nitrogen and oxygen atoms in total. The van der Waals surface area contributed by atoms with E-state index in [1.807, 2.05) is 0 Å². The predicted octanol–water partition coefficient (Wildman–Crippen LogP) is 4.12. The molecule has 0 radical (unpaired) electrons. The van der Waals surface area contributed by atoms with Crippen LogP contribution >= 0.6 is 0 Å². The Morgan fingerprint density at radius 1 is 0.700 bits per heavy atom. The van der Waals surface area contributed by atoms with Gasteiger partial charge in [0.05, 0.1) is 6.04 Å². The van der Waals surface area contributed by atoms with Gasteiger partial charge in [-0.05, 0) is 35.8 Å². The summed E-state index contributed by atoms with van der Waals surface area (Å²) in [6, 6.07) is 22.3. The molecular weight excluding hydrogens is 242 g/mol. The third kappa shape index (κ3) is 2.27. The Morgan fingerprint density at radius 3 is 1.65 bits per heavy atom. The number of hydrogen-bond donors (Lipinski definition) is 0. The van der Waals surface area contributed by atoms with Gasteiger partial charge in [0.25, 0.3) is 0 Å². The molecule has 0 bridgehead atoms. The summed E-state index contributed by atoms with van der Waals surface area (Å²) in [5.41, 5.74) is 2.85. The fourth-order valence-corrected chi connectivity index (χ4v) is 3.51. The van der Waals surface area contributed by atoms with E-state index in [-0.39, 0.29) is 0 Å². The summed E-state index contributed by atoms with van der Waals surface area (Å²) in [7, 11) is 0. The van der Waals surface area contributed by atoms with E-state index >= 15 is 0 Å². The van der Waals surface area contributed by atoms with E-state index < -0.39 is 0 Å². The van der Waals surface area contributed by atoms with Crippen LogP contribution in [0.15, 0.2) is 60.7 Å². The average Bonchev–Trinajstić information content (AvgIpc) is 3.28. The van der Waals surface area contributed by atoms with E-state index in [1.165, 1.54) is 37.1 Å². The zero-order valence-corrected chi connectivity index (χ0v) is 11.8. The van der Waals surface area contributed by atoms with Crippen molar-refractivity contribution in [2.75, 3.05) is 13.1 Å². The van der Waals surface area contributed by atoms with Gasteiger partial charge < -0.3 is 0 Å². The molecule has 2 aromatic carbocycles. The van der Waals surface area contributed by atoms with E-state index in [0.717, 1.165) is 11.8 Å². The fraction of sp³-hybridized carbons (Fsp3) is 0.368. The molecule has 1 heterocycles. The molecule has 0 amide bonds. The van der Waals surface area contributed by atoms with Gasteiger partial charge in [-0.1, -0.05) is 60.7 Å². The standard InChI is InChI=1S/C19H21N/c1-3-7-16(8-4-1)19(17-9-5-2-6-10-17)20-13-18(14-20)15-11-12-15/h1-10,15,18-19H,11-14H2. The Morgan fingerprint density at radius 2 is 1.20 bits per heavy atom. The van der Waals surface area contributed by atoms with Crippen molar-refractivity contribution in [1.29, 1.82) is 0 Å². The van der Waals surface area contributed by atoms with Gasteiger partial charge in [0.15, 0.2) is 0 Å². The van der Waals surface area contributed by atoms with Crippen LogP contribution in [0, 0.1) is 11.8 Å². The van der Waals surface area contributed by atoms with Crippen molar-refractivity contribution < 1.29 is 0 Å². The van der Waals surface area contributed by atoms with E-state index in [9.17, 15) is 0 Å². The molecule has 2 aromatic rings. The Hall–Kier alpha value is -1.60. The number of likely N-dealkylation sites (tertiary alicyclic amines) is 1. The molecule has 1 heteroatoms. The van der Waals surface area contributed by atoms with Gasteiger partial charge in [-0.25, -0.2) is 0 Å². The predicted molar refractivity (Wildman–Crippen MR) is 82.5 cm³/mol. The van der Waals surface area contributed by atoms with Crippen LogP contribution in [0.3, 0.4) is 0 Å². The first-order valence-electron chi connectivity index (χ1n) is 7.76. The largest absolute Gasteiger partial charge is 0.292 e. The highest BCUT2D eigenvalue weighted by Gasteiger charge is 2.42. The third-order valence-corrected chi connectivity index (χ3v) is 4.82. The van der Waals surface area contributed by atoms with Crippen molar-refractivity contribution in [2.45, 2.75) is 18.9 Å². The average molecular weight is 263 g/mol. The van der Waals surface area contributed by atoms with Gasteiger partial charge in [-0.3, -0.25) is 4.90 Å². The summed E-state index contributed by atoms with van der Waals surface area (Å²) >= 11 is 0. The first-order valence-corrected chi connectivity index (χ1v) is 7.76. The van der Waals surface area contributed by atoms with Crippen molar-refractivity contribution >= 4 is 0 Å². The van der Waals surface area contributed by atoms with E-state index in [4.69, 9.17) is 0 Å². The second-order valence-corrected chi connectivity index (χ2v) is 6.28. The molecule has 0 unspecified atom stereocenters. The normalized spacial score (nSPS) is 20.1. The van der Waals surface area contributed by atoms with Gasteiger partial charge in [-0.2, -0.15) is 0 Å². The lowest BCUT2D eigenvalue weighted by atomic mass is 9.88. The van der Waals surface area contributed by atoms with Crippen LogP contribution in [0.5, 0.6) is 0 Å². The summed E-state index contributed by atoms with van der Waals surface area (Å²) in [6.07, 6.45) is 2.94. The van der Waals surface area contributed by atoms with Crippen molar-refractivity contribution in [3.63, 3.8) is 0 Å². The van der Waals surface area contributed by atoms with Gasteiger partial charge in [0.2, 0.25) is 0 Å². The Bertz CT molecular complexity index is 513. The molecule has 0 aromatic heterocycles. The SMILES string of the molecule is c1ccc(C(c2ccccc2)N2CC(C3CC3)C2)cc1. The lowest BCUT2D eigenvalue weighted by molar-refractivity contribution is 0.0555. The Kier molecular flexibility index (Phi) is 3.08. The van der Waals surface area contributed by atoms with Crippen LogP contribution in [0.2, 0.25) is 0 Å². The maximum atomic E-state index is 2.65. The first kappa shape index (κ1) is 12.2. The lowest BCUT2D eigenvalue weighted by Crippen LogP contribution is -2.49. The topological polar surface area (TPSA) is 3.24 Å². The van der Waals surface area contributed by atoms with Crippen LogP contribution in [0.1, 0.15) is 30.0 Å². The minimum Gasteiger partial charge on any atom is -0.292 e. The number of nitrogens with zero attached hydrogens (tertiary/aromatic N) is 1. The monoisotopic (exact) mass is 263 g/mol. The molecule has 20 heavy (non-hydrogen) atoms. The van der Waals surface area contributed by atoms with Crippen molar-refractivity contribution in [3.05, 3.63) is 71.8 Å². The maximum absolute atomic E-state index is 2.65. The minimum atomic E-state index is 0.437. The molecule has 1 aliphatic carbocycles. The zero-order chi connectivity index (χ0) is 13.4. The smallest absolute Gasteiger partial charge is 0.0602 e. The highest BCUT2D eigenvalue weighted by molar-refractivity contribution is 5.32. The zero-order valence-electron chi connectivity index (χ0n) is 11.8. The number of rotatable bonds is 4. The second kappa shape index (κ2) is 5.06. The molecule has 1 saturated carbocycles. The second-order valence-electron chi connectivity index (χ2n) is 6.28. The van der Waals surface area contributed by atoms with E-state index in [1.54, 1.807) is 0 Å². The van der Waals surface area contributed by atoms with Crippen LogP contribution in [0.25, 0.3) is 0 Å². The molecule has 0 N–H and O–H groups in total. The number of benzene rings is 2. The molecule has 2 fully saturated rings. The van der Waals surface area contributed by atoms with Crippen molar-refractivity contribution in [3.8, 4) is 0 Å². The molecule has 0 atom stereocenters. The summed E-state index contributed by atoms with van der Waals surface area (Å²) in [5.74, 6) is 2.00. The molecule has 102 valence electrons. The Labute approximate surface area is 121 Å². The third-order valence-electron chi connectivity index (χ3n) is 4.82. The van der Waals surface area contributed by atoms with Crippen LogP contribution in [-0.4, -0.2) is 18.0 Å². The minimum absolute atomic E-state index is 0.437. The Balaban J connectivity index is 1.60. The van der Waals surface area contributed by atoms with Crippen molar-refractivity contribution in [2.24, 2.45) is 11.8 Å². The molecule has 4 rings (SSSR count). The molecular formula is C19H21N. The first-order chi connectivity index (χ1) is 9.92. The molecule has 1 aliphatic heterocycles. The van der Waals surface area contributed by atoms with E-state index in [0.29, 0.717) is 6.04 Å². The van der Waals surface area contributed by atoms with Gasteiger partial charge in [0.1, 0.15) is 0 Å².